The average molecular weight is 420 g/mol. The van der Waals surface area contributed by atoms with Crippen molar-refractivity contribution in [2.75, 3.05) is 18.2 Å². The predicted molar refractivity (Wildman–Crippen MR) is 104 cm³/mol. The zero-order chi connectivity index (χ0) is 20.1. The van der Waals surface area contributed by atoms with Crippen LogP contribution in [0.2, 0.25) is 5.02 Å². The number of nitrogens with zero attached hydrogens (tertiary/aromatic N) is 2. The molecule has 28 heavy (non-hydrogen) atoms. The minimum Gasteiger partial charge on any atom is -0.538 e. The van der Waals surface area contributed by atoms with Crippen LogP contribution in [0.1, 0.15) is 12.0 Å². The molecule has 1 N–H and O–H groups in total. The highest BCUT2D eigenvalue weighted by Crippen LogP contribution is 2.25. The van der Waals surface area contributed by atoms with Crippen LogP contribution in [0.5, 0.6) is 11.7 Å². The molecule has 0 saturated heterocycles. The fraction of sp³-hybridized carbons (Fsp3) is 0.211. The number of aryl methyl sites for hydroxylation is 1. The third-order valence-corrected chi connectivity index (χ3v) is 5.19. The van der Waals surface area contributed by atoms with Gasteiger partial charge >= 0.3 is 0 Å². The van der Waals surface area contributed by atoms with E-state index in [1.54, 1.807) is 43.5 Å². The van der Waals surface area contributed by atoms with Gasteiger partial charge in [-0.05, 0) is 41.4 Å². The lowest BCUT2D eigenvalue weighted by Crippen LogP contribution is -2.34. The van der Waals surface area contributed by atoms with Crippen molar-refractivity contribution in [1.82, 2.24) is 5.27 Å². The fourth-order valence-corrected chi connectivity index (χ4v) is 3.50. The summed E-state index contributed by atoms with van der Waals surface area (Å²) in [4.78, 5) is 12.2. The van der Waals surface area contributed by atoms with E-state index in [9.17, 15) is 9.90 Å². The second kappa shape index (κ2) is 8.99. The summed E-state index contributed by atoms with van der Waals surface area (Å²) in [6.07, 6.45) is 0.212. The molecule has 9 heteroatoms. The van der Waals surface area contributed by atoms with Crippen molar-refractivity contribution >= 4 is 35.0 Å². The Balaban J connectivity index is 1.62. The summed E-state index contributed by atoms with van der Waals surface area (Å²) in [6.45, 7) is 1.89. The minimum atomic E-state index is -0.549. The van der Waals surface area contributed by atoms with Crippen molar-refractivity contribution in [3.63, 3.8) is 0 Å². The molecule has 1 heterocycles. The second-order valence-electron chi connectivity index (χ2n) is 5.88. The van der Waals surface area contributed by atoms with E-state index in [1.807, 2.05) is 13.0 Å². The smallest absolute Gasteiger partial charge is 0.297 e. The van der Waals surface area contributed by atoms with E-state index in [2.05, 4.69) is 10.6 Å². The Morgan fingerprint density at radius 2 is 2.07 bits per heavy atom. The molecule has 7 nitrogen and oxygen atoms in total. The van der Waals surface area contributed by atoms with Gasteiger partial charge in [-0.25, -0.2) is 0 Å². The molecule has 0 aliphatic heterocycles. The molecule has 1 aromatic heterocycles. The number of benzene rings is 2. The standard InChI is InChI=1S/C19H18ClN3O4S/c1-12-3-4-13(20)11-16(12)21-17(24)9-10-28-18-19(25)27-22-23(18)14-5-7-15(26-2)8-6-14/h3-8,11H,9-10H2,1-2H3,(H-,21,22,24,25). The Morgan fingerprint density at radius 1 is 1.32 bits per heavy atom. The van der Waals surface area contributed by atoms with Crippen LogP contribution in [-0.2, 0) is 4.79 Å². The van der Waals surface area contributed by atoms with Crippen LogP contribution < -0.4 is 19.8 Å². The first-order chi connectivity index (χ1) is 13.5. The van der Waals surface area contributed by atoms with Gasteiger partial charge < -0.3 is 19.7 Å². The van der Waals surface area contributed by atoms with Gasteiger partial charge in [0, 0.05) is 35.0 Å². The normalized spacial score (nSPS) is 10.7. The van der Waals surface area contributed by atoms with Gasteiger partial charge in [-0.15, -0.1) is 0 Å². The van der Waals surface area contributed by atoms with Gasteiger partial charge in [-0.1, -0.05) is 29.4 Å². The van der Waals surface area contributed by atoms with Gasteiger partial charge in [0.2, 0.25) is 11.6 Å². The third-order valence-electron chi connectivity index (χ3n) is 3.93. The maximum absolute atomic E-state index is 12.2. The maximum atomic E-state index is 12.2. The van der Waals surface area contributed by atoms with Crippen LogP contribution in [-0.4, -0.2) is 24.0 Å². The highest BCUT2D eigenvalue weighted by atomic mass is 35.5. The maximum Gasteiger partial charge on any atom is 0.297 e. The van der Waals surface area contributed by atoms with E-state index in [-0.39, 0.29) is 12.3 Å². The first-order valence-electron chi connectivity index (χ1n) is 8.40. The first kappa shape index (κ1) is 20.0. The molecule has 0 aliphatic carbocycles. The molecule has 0 aliphatic rings. The molecule has 3 aromatic rings. The summed E-state index contributed by atoms with van der Waals surface area (Å²) >= 11 is 7.17. The van der Waals surface area contributed by atoms with Crippen molar-refractivity contribution in [2.45, 2.75) is 18.4 Å². The summed E-state index contributed by atoms with van der Waals surface area (Å²) in [5.74, 6) is 0.361. The largest absolute Gasteiger partial charge is 0.538 e. The summed E-state index contributed by atoms with van der Waals surface area (Å²) in [5, 5.41) is 19.4. The molecule has 1 amide bonds. The zero-order valence-corrected chi connectivity index (χ0v) is 16.8. The molecule has 3 rings (SSSR count). The SMILES string of the molecule is COc1ccc(-[n+]2noc([O-])c2SCCC(=O)Nc2cc(Cl)ccc2C)cc1. The van der Waals surface area contributed by atoms with Crippen molar-refractivity contribution in [3.05, 3.63) is 53.1 Å². The van der Waals surface area contributed by atoms with Crippen molar-refractivity contribution in [2.24, 2.45) is 0 Å². The Bertz CT molecular complexity index is 976. The lowest BCUT2D eigenvalue weighted by Gasteiger charge is -2.08. The number of hydrogen-bond donors (Lipinski definition) is 1. The number of ether oxygens (including phenoxy) is 1. The Morgan fingerprint density at radius 3 is 2.79 bits per heavy atom. The molecule has 0 bridgehead atoms. The molecule has 0 radical (unpaired) electrons. The number of aromatic nitrogens is 2. The molecule has 0 saturated carbocycles. The molecule has 146 valence electrons. The average Bonchev–Trinajstić information content (AvgIpc) is 3.05. The summed E-state index contributed by atoms with van der Waals surface area (Å²) < 4.78 is 11.3. The van der Waals surface area contributed by atoms with E-state index in [4.69, 9.17) is 20.9 Å². The number of rotatable bonds is 7. The van der Waals surface area contributed by atoms with Crippen molar-refractivity contribution < 1.29 is 23.8 Å². The Hall–Kier alpha value is -2.71. The molecule has 0 atom stereocenters. The number of anilines is 1. The highest BCUT2D eigenvalue weighted by molar-refractivity contribution is 7.99. The van der Waals surface area contributed by atoms with E-state index in [1.165, 1.54) is 16.4 Å². The number of thioether (sulfide) groups is 1. The monoisotopic (exact) mass is 419 g/mol. The minimum absolute atomic E-state index is 0.169. The first-order valence-corrected chi connectivity index (χ1v) is 9.76. The lowest BCUT2D eigenvalue weighted by molar-refractivity contribution is -0.705. The number of methoxy groups -OCH3 is 1. The van der Waals surface area contributed by atoms with E-state index >= 15 is 0 Å². The van der Waals surface area contributed by atoms with Crippen LogP contribution in [0.15, 0.2) is 52.0 Å². The third kappa shape index (κ3) is 4.76. The molecular weight excluding hydrogens is 402 g/mol. The summed E-state index contributed by atoms with van der Waals surface area (Å²) in [6, 6.07) is 12.4. The number of halogens is 1. The Labute approximate surface area is 171 Å². The van der Waals surface area contributed by atoms with Crippen LogP contribution in [0, 0.1) is 6.92 Å². The predicted octanol–water partition coefficient (Wildman–Crippen LogP) is 3.12. The van der Waals surface area contributed by atoms with Gasteiger partial charge in [0.25, 0.3) is 5.03 Å². The van der Waals surface area contributed by atoms with Crippen molar-refractivity contribution in [3.8, 4) is 17.4 Å². The Kier molecular flexibility index (Phi) is 6.43. The van der Waals surface area contributed by atoms with Crippen LogP contribution >= 0.6 is 23.4 Å². The van der Waals surface area contributed by atoms with Crippen LogP contribution in [0.25, 0.3) is 5.69 Å². The van der Waals surface area contributed by atoms with Gasteiger partial charge in [-0.2, -0.15) is 0 Å². The van der Waals surface area contributed by atoms with Crippen LogP contribution in [0.3, 0.4) is 0 Å². The van der Waals surface area contributed by atoms with E-state index in [0.717, 1.165) is 5.56 Å². The molecular formula is C19H18ClN3O4S. The van der Waals surface area contributed by atoms with E-state index < -0.39 is 5.95 Å². The fourth-order valence-electron chi connectivity index (χ4n) is 2.43. The number of carbonyl (C=O) groups excluding carboxylic acids is 1. The second-order valence-corrected chi connectivity index (χ2v) is 7.40. The lowest BCUT2D eigenvalue weighted by atomic mass is 10.2. The summed E-state index contributed by atoms with van der Waals surface area (Å²) in [5.41, 5.74) is 2.25. The van der Waals surface area contributed by atoms with Gasteiger partial charge in [0.1, 0.15) is 5.75 Å². The number of carbonyl (C=O) groups is 1. The number of hydrogen-bond acceptors (Lipinski definition) is 6. The summed E-state index contributed by atoms with van der Waals surface area (Å²) in [7, 11) is 1.57. The van der Waals surface area contributed by atoms with Crippen LogP contribution in [0.4, 0.5) is 5.69 Å². The van der Waals surface area contributed by atoms with Gasteiger partial charge in [0.05, 0.1) is 12.4 Å². The quantitative estimate of drug-likeness (QED) is 0.467. The number of amides is 1. The topological polar surface area (TPSA) is 91.3 Å². The van der Waals surface area contributed by atoms with Gasteiger partial charge in [0.15, 0.2) is 5.95 Å². The van der Waals surface area contributed by atoms with E-state index in [0.29, 0.717) is 32.9 Å². The molecule has 0 fully saturated rings. The highest BCUT2D eigenvalue weighted by Gasteiger charge is 2.21. The molecule has 2 aromatic carbocycles. The molecule has 0 spiro atoms. The molecule has 0 unspecified atom stereocenters. The van der Waals surface area contributed by atoms with Gasteiger partial charge in [-0.3, -0.25) is 4.79 Å². The zero-order valence-electron chi connectivity index (χ0n) is 15.3. The van der Waals surface area contributed by atoms with Crippen molar-refractivity contribution in [1.29, 1.82) is 0 Å². The number of nitrogens with one attached hydrogen (secondary N) is 1.